The van der Waals surface area contributed by atoms with Gasteiger partial charge < -0.3 is 10.1 Å². The van der Waals surface area contributed by atoms with Crippen LogP contribution in [0.3, 0.4) is 0 Å². The minimum Gasteiger partial charge on any atom is -0.465 e. The molecule has 0 bridgehead atoms. The number of carbonyl (C=O) groups excluding carboxylic acids is 1. The number of anilines is 1. The van der Waals surface area contributed by atoms with E-state index in [4.69, 9.17) is 4.74 Å². The number of nitro groups is 1. The molecular weight excluding hydrogens is 538 g/mol. The summed E-state index contributed by atoms with van der Waals surface area (Å²) >= 11 is 3.38. The van der Waals surface area contributed by atoms with Crippen molar-refractivity contribution in [3.63, 3.8) is 0 Å². The number of carbonyl (C=O) groups is 1. The van der Waals surface area contributed by atoms with Crippen molar-refractivity contribution in [2.45, 2.75) is 19.8 Å². The molecule has 4 rings (SSSR count). The molecule has 37 heavy (non-hydrogen) atoms. The number of halogens is 1. The number of nitrogens with one attached hydrogen (secondary N) is 1. The van der Waals surface area contributed by atoms with Crippen LogP contribution in [-0.2, 0) is 11.8 Å². The van der Waals surface area contributed by atoms with Crippen LogP contribution in [0.4, 0.5) is 11.4 Å². The zero-order valence-electron chi connectivity index (χ0n) is 20.9. The summed E-state index contributed by atoms with van der Waals surface area (Å²) in [7, 11) is 3.21. The largest absolute Gasteiger partial charge is 0.465 e. The fourth-order valence-corrected chi connectivity index (χ4v) is 4.55. The molecule has 2 aromatic carbocycles. The quantitative estimate of drug-likeness (QED) is 0.156. The third kappa shape index (κ3) is 5.69. The van der Waals surface area contributed by atoms with E-state index in [0.29, 0.717) is 29.2 Å². The first-order chi connectivity index (χ1) is 17.7. The van der Waals surface area contributed by atoms with Crippen LogP contribution >= 0.6 is 15.9 Å². The van der Waals surface area contributed by atoms with E-state index in [2.05, 4.69) is 44.3 Å². The number of aromatic nitrogens is 3. The first-order valence-corrected chi connectivity index (χ1v) is 12.3. The van der Waals surface area contributed by atoms with Crippen LogP contribution in [0, 0.1) is 17.0 Å². The third-order valence-electron chi connectivity index (χ3n) is 6.07. The van der Waals surface area contributed by atoms with E-state index < -0.39 is 10.9 Å². The molecule has 1 unspecified atom stereocenters. The normalized spacial score (nSPS) is 11.7. The Morgan fingerprint density at radius 2 is 2.00 bits per heavy atom. The number of hydrogen-bond donors (Lipinski definition) is 1. The molecule has 0 radical (unpaired) electrons. The number of nitrogens with zero attached hydrogens (tertiary/aromatic N) is 4. The van der Waals surface area contributed by atoms with Crippen molar-refractivity contribution < 1.29 is 14.5 Å². The third-order valence-corrected chi connectivity index (χ3v) is 6.57. The second kappa shape index (κ2) is 10.9. The van der Waals surface area contributed by atoms with Crippen LogP contribution in [0.1, 0.15) is 34.5 Å². The molecule has 0 aliphatic carbocycles. The van der Waals surface area contributed by atoms with Crippen molar-refractivity contribution in [1.82, 2.24) is 14.8 Å². The van der Waals surface area contributed by atoms with Crippen molar-refractivity contribution in [1.29, 1.82) is 0 Å². The second-order valence-electron chi connectivity index (χ2n) is 8.73. The molecule has 0 amide bonds. The van der Waals surface area contributed by atoms with Crippen molar-refractivity contribution in [3.05, 3.63) is 92.2 Å². The van der Waals surface area contributed by atoms with Gasteiger partial charge in [0, 0.05) is 41.0 Å². The molecule has 1 atom stereocenters. The molecule has 1 N–H and O–H groups in total. The number of esters is 1. The molecule has 0 aliphatic heterocycles. The van der Waals surface area contributed by atoms with Gasteiger partial charge in [-0.15, -0.1) is 0 Å². The molecule has 2 aromatic heterocycles. The first kappa shape index (κ1) is 26.0. The van der Waals surface area contributed by atoms with Crippen LogP contribution in [0.25, 0.3) is 22.5 Å². The molecule has 0 saturated heterocycles. The van der Waals surface area contributed by atoms with Gasteiger partial charge in [0.1, 0.15) is 5.69 Å². The number of nitro benzene ring substituents is 1. The van der Waals surface area contributed by atoms with Gasteiger partial charge in [-0.1, -0.05) is 41.1 Å². The van der Waals surface area contributed by atoms with E-state index in [1.165, 1.54) is 13.2 Å². The fraction of sp³-hybridized carbons (Fsp3) is 0.222. The van der Waals surface area contributed by atoms with Gasteiger partial charge in [0.25, 0.3) is 5.69 Å². The van der Waals surface area contributed by atoms with E-state index in [1.807, 2.05) is 32.2 Å². The Hall–Kier alpha value is -4.05. The molecular formula is C27H26BrN5O4. The Labute approximate surface area is 222 Å². The first-order valence-electron chi connectivity index (χ1n) is 11.6. The van der Waals surface area contributed by atoms with Gasteiger partial charge >= 0.3 is 5.97 Å². The van der Waals surface area contributed by atoms with Gasteiger partial charge in [-0.2, -0.15) is 5.10 Å². The number of rotatable bonds is 8. The fourth-order valence-electron chi connectivity index (χ4n) is 4.19. The maximum Gasteiger partial charge on any atom is 0.337 e. The minimum atomic E-state index is -0.425. The summed E-state index contributed by atoms with van der Waals surface area (Å²) in [6.45, 7) is 4.39. The number of ether oxygens (including phenoxy) is 1. The van der Waals surface area contributed by atoms with Crippen LogP contribution in [0.2, 0.25) is 0 Å². The summed E-state index contributed by atoms with van der Waals surface area (Å²) in [4.78, 5) is 27.8. The Balaban J connectivity index is 1.64. The van der Waals surface area contributed by atoms with Gasteiger partial charge in [-0.05, 0) is 48.7 Å². The summed E-state index contributed by atoms with van der Waals surface area (Å²) in [6, 6.07) is 16.3. The van der Waals surface area contributed by atoms with Crippen molar-refractivity contribution in [2.75, 3.05) is 19.0 Å². The summed E-state index contributed by atoms with van der Waals surface area (Å²) in [5.41, 5.74) is 5.90. The van der Waals surface area contributed by atoms with Gasteiger partial charge in [0.05, 0.1) is 35.2 Å². The van der Waals surface area contributed by atoms with E-state index in [9.17, 15) is 14.9 Å². The Morgan fingerprint density at radius 1 is 1.22 bits per heavy atom. The lowest BCUT2D eigenvalue weighted by atomic mass is 9.96. The SMILES string of the molecule is COC(=O)c1cc(C)nc(-c2cnn(C)c2-c2cccc(C(C)CNc3cc(Br)ccc3[N+](=O)[O-])c2)c1. The Kier molecular flexibility index (Phi) is 7.68. The summed E-state index contributed by atoms with van der Waals surface area (Å²) in [6.07, 6.45) is 1.74. The van der Waals surface area contributed by atoms with Crippen molar-refractivity contribution in [3.8, 4) is 22.5 Å². The minimum absolute atomic E-state index is 0.0284. The zero-order valence-corrected chi connectivity index (χ0v) is 22.4. The highest BCUT2D eigenvalue weighted by molar-refractivity contribution is 9.10. The molecule has 4 aromatic rings. The molecule has 0 aliphatic rings. The molecule has 0 saturated carbocycles. The number of pyridine rings is 1. The highest BCUT2D eigenvalue weighted by atomic mass is 79.9. The van der Waals surface area contributed by atoms with E-state index in [0.717, 1.165) is 26.9 Å². The van der Waals surface area contributed by atoms with Gasteiger partial charge in [-0.25, -0.2) is 4.79 Å². The molecule has 9 nitrogen and oxygen atoms in total. The maximum atomic E-state index is 12.2. The van der Waals surface area contributed by atoms with E-state index >= 15 is 0 Å². The summed E-state index contributed by atoms with van der Waals surface area (Å²) < 4.78 is 7.44. The maximum absolute atomic E-state index is 12.2. The molecule has 10 heteroatoms. The molecule has 0 fully saturated rings. The number of benzene rings is 2. The predicted molar refractivity (Wildman–Crippen MR) is 146 cm³/mol. The highest BCUT2D eigenvalue weighted by Gasteiger charge is 2.19. The second-order valence-corrected chi connectivity index (χ2v) is 9.65. The molecule has 0 spiro atoms. The van der Waals surface area contributed by atoms with E-state index in [-0.39, 0.29) is 11.6 Å². The average molecular weight is 564 g/mol. The van der Waals surface area contributed by atoms with Crippen molar-refractivity contribution >= 4 is 33.3 Å². The van der Waals surface area contributed by atoms with E-state index in [1.54, 1.807) is 35.1 Å². The molecule has 2 heterocycles. The Bertz CT molecular complexity index is 1480. The number of hydrogen-bond acceptors (Lipinski definition) is 7. The monoisotopic (exact) mass is 563 g/mol. The predicted octanol–water partition coefficient (Wildman–Crippen LogP) is 6.13. The lowest BCUT2D eigenvalue weighted by molar-refractivity contribution is -0.384. The van der Waals surface area contributed by atoms with Gasteiger partial charge in [0.15, 0.2) is 0 Å². The van der Waals surface area contributed by atoms with Crippen LogP contribution in [0.15, 0.2) is 65.3 Å². The lowest BCUT2D eigenvalue weighted by Crippen LogP contribution is -2.11. The summed E-state index contributed by atoms with van der Waals surface area (Å²) in [5.74, 6) is -0.371. The lowest BCUT2D eigenvalue weighted by Gasteiger charge is -2.16. The molecule has 190 valence electrons. The van der Waals surface area contributed by atoms with Gasteiger partial charge in [-0.3, -0.25) is 19.8 Å². The van der Waals surface area contributed by atoms with Crippen LogP contribution < -0.4 is 5.32 Å². The Morgan fingerprint density at radius 3 is 2.73 bits per heavy atom. The number of methoxy groups -OCH3 is 1. The van der Waals surface area contributed by atoms with Crippen molar-refractivity contribution in [2.24, 2.45) is 7.05 Å². The standard InChI is InChI=1S/C27H26BrN5O4/c1-16(14-29-24-13-21(28)8-9-25(24)33(35)36)18-6-5-7-19(11-18)26-22(15-30-32(26)3)23-12-20(27(34)37-4)10-17(2)31-23/h5-13,15-16,29H,14H2,1-4H3. The average Bonchev–Trinajstić information content (AvgIpc) is 3.27. The number of aryl methyl sites for hydroxylation is 2. The topological polar surface area (TPSA) is 112 Å². The summed E-state index contributed by atoms with van der Waals surface area (Å²) in [5, 5.41) is 19.1. The van der Waals surface area contributed by atoms with Gasteiger partial charge in [0.2, 0.25) is 0 Å². The van der Waals surface area contributed by atoms with Crippen LogP contribution in [-0.4, -0.2) is 39.3 Å². The zero-order chi connectivity index (χ0) is 26.7. The van der Waals surface area contributed by atoms with Crippen LogP contribution in [0.5, 0.6) is 0 Å². The smallest absolute Gasteiger partial charge is 0.337 e. The highest BCUT2D eigenvalue weighted by Crippen LogP contribution is 2.34.